The van der Waals surface area contributed by atoms with Crippen LogP contribution >= 0.6 is 0 Å². The van der Waals surface area contributed by atoms with Gasteiger partial charge in [-0.15, -0.1) is 0 Å². The van der Waals surface area contributed by atoms with Crippen molar-refractivity contribution < 1.29 is 19.0 Å². The molecule has 0 aliphatic carbocycles. The van der Waals surface area contributed by atoms with E-state index < -0.39 is 6.04 Å². The quantitative estimate of drug-likeness (QED) is 0.430. The SMILES string of the molecule is COc1cccc2c1[C@@H]1CN(CCCCC3C(=O)Nc4c(ccc5ncncc45)[N+]3=O)C[C@H]1CO2. The highest BCUT2D eigenvalue weighted by molar-refractivity contribution is 6.07. The first-order valence-electron chi connectivity index (χ1n) is 12.2. The number of amides is 1. The number of anilines is 1. The first-order valence-corrected chi connectivity index (χ1v) is 12.2. The predicted octanol–water partition coefficient (Wildman–Crippen LogP) is 3.65. The molecule has 2 aromatic carbocycles. The molecule has 4 heterocycles. The van der Waals surface area contributed by atoms with Crippen LogP contribution < -0.4 is 14.8 Å². The van der Waals surface area contributed by atoms with Gasteiger partial charge in [0.1, 0.15) is 23.5 Å². The Kier molecular flexibility index (Phi) is 5.56. The van der Waals surface area contributed by atoms with Crippen LogP contribution in [0.4, 0.5) is 11.4 Å². The maximum absolute atomic E-state index is 13.0. The van der Waals surface area contributed by atoms with Gasteiger partial charge in [0.15, 0.2) is 0 Å². The summed E-state index contributed by atoms with van der Waals surface area (Å²) in [5.41, 5.74) is 2.85. The molecule has 180 valence electrons. The van der Waals surface area contributed by atoms with Gasteiger partial charge in [-0.05, 0) is 37.6 Å². The van der Waals surface area contributed by atoms with Crippen LogP contribution in [-0.2, 0) is 4.79 Å². The van der Waals surface area contributed by atoms with Gasteiger partial charge in [-0.3, -0.25) is 4.79 Å². The molecule has 6 rings (SSSR count). The molecule has 1 N–H and O–H groups in total. The number of rotatable bonds is 6. The first kappa shape index (κ1) is 21.9. The monoisotopic (exact) mass is 474 g/mol. The number of carbonyl (C=O) groups is 1. The molecule has 3 atom stereocenters. The Hall–Kier alpha value is -3.59. The summed E-state index contributed by atoms with van der Waals surface area (Å²) in [4.78, 5) is 36.5. The number of aromatic nitrogens is 2. The van der Waals surface area contributed by atoms with Crippen LogP contribution in [0.25, 0.3) is 10.9 Å². The second kappa shape index (κ2) is 8.88. The smallest absolute Gasteiger partial charge is 0.298 e. The molecule has 9 nitrogen and oxygen atoms in total. The summed E-state index contributed by atoms with van der Waals surface area (Å²) in [5.74, 6) is 2.43. The molecule has 35 heavy (non-hydrogen) atoms. The van der Waals surface area contributed by atoms with E-state index in [2.05, 4.69) is 20.2 Å². The van der Waals surface area contributed by atoms with E-state index in [9.17, 15) is 9.70 Å². The number of unbranched alkanes of at least 4 members (excludes halogenated alkanes) is 1. The minimum absolute atomic E-state index is 0.267. The summed E-state index contributed by atoms with van der Waals surface area (Å²) < 4.78 is 12.5. The number of benzene rings is 2. The van der Waals surface area contributed by atoms with Crippen LogP contribution in [0, 0.1) is 10.8 Å². The molecule has 3 aromatic rings. The number of hydrogen-bond donors (Lipinski definition) is 1. The zero-order valence-electron chi connectivity index (χ0n) is 19.6. The Morgan fingerprint density at radius 1 is 1.23 bits per heavy atom. The zero-order valence-corrected chi connectivity index (χ0v) is 19.6. The molecular weight excluding hydrogens is 446 g/mol. The molecule has 1 amide bonds. The molecule has 1 aromatic heterocycles. The van der Waals surface area contributed by atoms with Gasteiger partial charge in [-0.2, -0.15) is 0 Å². The van der Waals surface area contributed by atoms with Gasteiger partial charge in [0, 0.05) is 59.5 Å². The van der Waals surface area contributed by atoms with Gasteiger partial charge >= 0.3 is 0 Å². The Morgan fingerprint density at radius 2 is 2.14 bits per heavy atom. The van der Waals surface area contributed by atoms with Crippen LogP contribution in [0.2, 0.25) is 0 Å². The fourth-order valence-electron chi connectivity index (χ4n) is 5.79. The number of nitrogens with zero attached hydrogens (tertiary/aromatic N) is 4. The van der Waals surface area contributed by atoms with Crippen molar-refractivity contribution in [2.75, 3.05) is 38.7 Å². The molecule has 3 aliphatic heterocycles. The lowest BCUT2D eigenvalue weighted by atomic mass is 9.86. The zero-order chi connectivity index (χ0) is 23.9. The molecule has 0 radical (unpaired) electrons. The topological polar surface area (TPSA) is 96.7 Å². The van der Waals surface area contributed by atoms with Crippen LogP contribution in [0.1, 0.15) is 30.7 Å². The van der Waals surface area contributed by atoms with Crippen LogP contribution in [0.15, 0.2) is 42.9 Å². The fraction of sp³-hybridized carbons (Fsp3) is 0.423. The minimum Gasteiger partial charge on any atom is -0.496 e. The molecular formula is C26H28N5O4+. The Labute approximate surface area is 203 Å². The van der Waals surface area contributed by atoms with E-state index in [1.807, 2.05) is 18.2 Å². The molecule has 0 bridgehead atoms. The molecule has 0 saturated carbocycles. The third kappa shape index (κ3) is 3.80. The number of ether oxygens (including phenoxy) is 2. The summed E-state index contributed by atoms with van der Waals surface area (Å²) >= 11 is 0. The summed E-state index contributed by atoms with van der Waals surface area (Å²) in [6, 6.07) is 8.79. The molecule has 1 unspecified atom stereocenters. The highest BCUT2D eigenvalue weighted by Gasteiger charge is 2.43. The average molecular weight is 475 g/mol. The summed E-state index contributed by atoms with van der Waals surface area (Å²) in [6.07, 6.45) is 5.32. The van der Waals surface area contributed by atoms with E-state index in [0.29, 0.717) is 40.5 Å². The van der Waals surface area contributed by atoms with E-state index >= 15 is 0 Å². The predicted molar refractivity (Wildman–Crippen MR) is 130 cm³/mol. The maximum Gasteiger partial charge on any atom is 0.298 e. The molecule has 0 spiro atoms. The molecule has 1 fully saturated rings. The van der Waals surface area contributed by atoms with Crippen LogP contribution in [0.3, 0.4) is 0 Å². The minimum atomic E-state index is -0.727. The number of hydrogen-bond acceptors (Lipinski definition) is 7. The Bertz CT molecular complexity index is 1300. The van der Waals surface area contributed by atoms with Crippen molar-refractivity contribution in [3.8, 4) is 11.5 Å². The van der Waals surface area contributed by atoms with Crippen molar-refractivity contribution in [1.29, 1.82) is 0 Å². The number of likely N-dealkylation sites (tertiary alicyclic amines) is 1. The van der Waals surface area contributed by atoms with Crippen LogP contribution in [0.5, 0.6) is 11.5 Å². The first-order chi connectivity index (χ1) is 17.1. The highest BCUT2D eigenvalue weighted by Crippen LogP contribution is 2.46. The van der Waals surface area contributed by atoms with E-state index in [4.69, 9.17) is 9.47 Å². The van der Waals surface area contributed by atoms with Crippen molar-refractivity contribution in [3.63, 3.8) is 0 Å². The molecule has 9 heteroatoms. The lowest BCUT2D eigenvalue weighted by molar-refractivity contribution is -0.493. The van der Waals surface area contributed by atoms with Gasteiger partial charge in [0.05, 0.1) is 24.0 Å². The average Bonchev–Trinajstić information content (AvgIpc) is 3.31. The van der Waals surface area contributed by atoms with E-state index in [1.165, 1.54) is 11.9 Å². The van der Waals surface area contributed by atoms with Gasteiger partial charge < -0.3 is 19.7 Å². The summed E-state index contributed by atoms with van der Waals surface area (Å²) in [6.45, 7) is 3.63. The standard InChI is InChI=1S/C26H27N5O4/c1-34-22-6-4-7-23-24(22)18-13-30(12-16(18)14-35-23)10-3-2-5-21-26(32)29-25-17-11-27-15-28-19(17)8-9-20(25)31(21)33/h4,6-9,11,15-16,18,21H,2-3,5,10,12-14H2,1H3/p+1/t16-,18+,21?/m0/s1. The van der Waals surface area contributed by atoms with Crippen molar-refractivity contribution in [1.82, 2.24) is 14.9 Å². The Morgan fingerprint density at radius 3 is 3.03 bits per heavy atom. The number of fused-ring (bicyclic) bond motifs is 6. The highest BCUT2D eigenvalue weighted by atomic mass is 16.5. The number of carbonyl (C=O) groups excluding carboxylic acids is 1. The third-order valence-corrected chi connectivity index (χ3v) is 7.53. The van der Waals surface area contributed by atoms with Crippen molar-refractivity contribution in [2.45, 2.75) is 31.2 Å². The Balaban J connectivity index is 1.07. The van der Waals surface area contributed by atoms with Gasteiger partial charge in [-0.1, -0.05) is 6.07 Å². The second-order valence-corrected chi connectivity index (χ2v) is 9.55. The number of nitrogens with one attached hydrogen (secondary N) is 1. The van der Waals surface area contributed by atoms with E-state index in [-0.39, 0.29) is 5.91 Å². The van der Waals surface area contributed by atoms with Gasteiger partial charge in [0.2, 0.25) is 0 Å². The largest absolute Gasteiger partial charge is 0.496 e. The third-order valence-electron chi connectivity index (χ3n) is 7.53. The van der Waals surface area contributed by atoms with E-state index in [1.54, 1.807) is 25.4 Å². The maximum atomic E-state index is 13.0. The molecule has 1 saturated heterocycles. The molecule has 3 aliphatic rings. The van der Waals surface area contributed by atoms with Crippen molar-refractivity contribution >= 4 is 28.2 Å². The fourth-order valence-corrected chi connectivity index (χ4v) is 5.79. The summed E-state index contributed by atoms with van der Waals surface area (Å²) in [5, 5.41) is 3.60. The van der Waals surface area contributed by atoms with E-state index in [0.717, 1.165) is 55.3 Å². The lowest BCUT2D eigenvalue weighted by Crippen LogP contribution is -2.39. The number of nitroso groups, excluding NO2 is 1. The van der Waals surface area contributed by atoms with Crippen molar-refractivity contribution in [3.05, 3.63) is 53.3 Å². The van der Waals surface area contributed by atoms with Gasteiger partial charge in [-0.25, -0.2) is 9.97 Å². The lowest BCUT2D eigenvalue weighted by Gasteiger charge is -2.29. The van der Waals surface area contributed by atoms with Crippen molar-refractivity contribution in [2.24, 2.45) is 5.92 Å². The van der Waals surface area contributed by atoms with Gasteiger partial charge in [0.25, 0.3) is 17.6 Å². The summed E-state index contributed by atoms with van der Waals surface area (Å²) in [7, 11) is 1.71. The van der Waals surface area contributed by atoms with Crippen LogP contribution in [-0.4, -0.2) is 64.9 Å². The normalized spacial score (nSPS) is 23.3. The second-order valence-electron chi connectivity index (χ2n) is 9.55. The number of methoxy groups -OCH3 is 1.